The minimum absolute atomic E-state index is 0.204. The van der Waals surface area contributed by atoms with Gasteiger partial charge in [0.1, 0.15) is 6.54 Å². The molecular weight excluding hydrogens is 371 g/mol. The van der Waals surface area contributed by atoms with Crippen molar-refractivity contribution in [3.8, 4) is 0 Å². The van der Waals surface area contributed by atoms with Crippen molar-refractivity contribution in [2.24, 2.45) is 0 Å². The zero-order valence-electron chi connectivity index (χ0n) is 13.9. The summed E-state index contributed by atoms with van der Waals surface area (Å²) in [4.78, 5) is 11.0. The molecule has 0 aliphatic heterocycles. The average molecular weight is 387 g/mol. The number of rotatable bonds is 5. The quantitative estimate of drug-likeness (QED) is 0.851. The molecular formula is C17H16F3NO4S. The lowest BCUT2D eigenvalue weighted by Crippen LogP contribution is -2.36. The van der Waals surface area contributed by atoms with E-state index in [9.17, 15) is 26.4 Å². The van der Waals surface area contributed by atoms with Crippen molar-refractivity contribution in [3.63, 3.8) is 0 Å². The summed E-state index contributed by atoms with van der Waals surface area (Å²) in [7, 11) is -4.37. The molecule has 0 aromatic heterocycles. The highest BCUT2D eigenvalue weighted by molar-refractivity contribution is 7.92. The Hall–Kier alpha value is -2.55. The number of nitrogens with zero attached hydrogens (tertiary/aromatic N) is 1. The van der Waals surface area contributed by atoms with Crippen LogP contribution in [0.2, 0.25) is 0 Å². The van der Waals surface area contributed by atoms with Gasteiger partial charge in [-0.2, -0.15) is 13.2 Å². The van der Waals surface area contributed by atoms with Crippen molar-refractivity contribution >= 4 is 21.7 Å². The Morgan fingerprint density at radius 3 is 2.15 bits per heavy atom. The van der Waals surface area contributed by atoms with E-state index in [4.69, 9.17) is 5.11 Å². The Morgan fingerprint density at radius 1 is 1.08 bits per heavy atom. The van der Waals surface area contributed by atoms with Gasteiger partial charge in [-0.1, -0.05) is 23.8 Å². The van der Waals surface area contributed by atoms with Gasteiger partial charge < -0.3 is 5.11 Å². The van der Waals surface area contributed by atoms with Crippen molar-refractivity contribution in [1.29, 1.82) is 0 Å². The minimum Gasteiger partial charge on any atom is -0.480 e. The standard InChI is InChI=1S/C17H16F3NO4S/c1-11-3-7-14(8-4-11)26(24,25)21(10-16(22)23)15-9-13(17(18,19)20)6-5-12(15)2/h3-9H,10H2,1-2H3,(H,22,23). The zero-order valence-corrected chi connectivity index (χ0v) is 14.7. The molecule has 0 amide bonds. The first-order chi connectivity index (χ1) is 11.9. The third-order valence-electron chi connectivity index (χ3n) is 3.69. The van der Waals surface area contributed by atoms with Gasteiger partial charge in [-0.25, -0.2) is 8.42 Å². The second-order valence-electron chi connectivity index (χ2n) is 5.72. The van der Waals surface area contributed by atoms with Gasteiger partial charge in [0.15, 0.2) is 0 Å². The van der Waals surface area contributed by atoms with Crippen molar-refractivity contribution < 1.29 is 31.5 Å². The molecule has 1 N–H and O–H groups in total. The second kappa shape index (κ2) is 6.99. The van der Waals surface area contributed by atoms with Crippen LogP contribution in [0.1, 0.15) is 16.7 Å². The Kier molecular flexibility index (Phi) is 5.31. The molecule has 140 valence electrons. The molecule has 2 aromatic rings. The van der Waals surface area contributed by atoms with Crippen LogP contribution in [0, 0.1) is 13.8 Å². The van der Waals surface area contributed by atoms with E-state index in [0.717, 1.165) is 17.7 Å². The molecule has 0 saturated heterocycles. The topological polar surface area (TPSA) is 74.7 Å². The van der Waals surface area contributed by atoms with Crippen LogP contribution in [-0.2, 0) is 21.0 Å². The summed E-state index contributed by atoms with van der Waals surface area (Å²) in [6.45, 7) is 2.15. The van der Waals surface area contributed by atoms with Gasteiger partial charge in [-0.05, 0) is 43.7 Å². The first-order valence-corrected chi connectivity index (χ1v) is 8.86. The fraction of sp³-hybridized carbons (Fsp3) is 0.235. The molecule has 0 spiro atoms. The van der Waals surface area contributed by atoms with Crippen LogP contribution in [0.4, 0.5) is 18.9 Å². The van der Waals surface area contributed by atoms with Crippen LogP contribution in [0.3, 0.4) is 0 Å². The van der Waals surface area contributed by atoms with Gasteiger partial charge >= 0.3 is 12.1 Å². The van der Waals surface area contributed by atoms with E-state index >= 15 is 0 Å². The Morgan fingerprint density at radius 2 is 1.65 bits per heavy atom. The molecule has 0 aliphatic carbocycles. The van der Waals surface area contributed by atoms with E-state index in [0.29, 0.717) is 10.4 Å². The lowest BCUT2D eigenvalue weighted by atomic mass is 10.1. The predicted molar refractivity (Wildman–Crippen MR) is 89.5 cm³/mol. The van der Waals surface area contributed by atoms with Crippen LogP contribution in [0.15, 0.2) is 47.4 Å². The number of carboxylic acid groups (broad SMARTS) is 1. The first kappa shape index (κ1) is 19.8. The van der Waals surface area contributed by atoms with Crippen LogP contribution >= 0.6 is 0 Å². The third kappa shape index (κ3) is 4.16. The summed E-state index contributed by atoms with van der Waals surface area (Å²) >= 11 is 0. The average Bonchev–Trinajstić information content (AvgIpc) is 2.52. The highest BCUT2D eigenvalue weighted by Gasteiger charge is 2.34. The SMILES string of the molecule is Cc1ccc(S(=O)(=O)N(CC(=O)O)c2cc(C(F)(F)F)ccc2C)cc1. The number of carboxylic acids is 1. The molecule has 0 bridgehead atoms. The lowest BCUT2D eigenvalue weighted by Gasteiger charge is -2.25. The van der Waals surface area contributed by atoms with E-state index in [1.54, 1.807) is 6.92 Å². The summed E-state index contributed by atoms with van der Waals surface area (Å²) < 4.78 is 65.2. The molecule has 0 radical (unpaired) electrons. The van der Waals surface area contributed by atoms with Gasteiger partial charge in [0, 0.05) is 0 Å². The number of aryl methyl sites for hydroxylation is 2. The number of sulfonamides is 1. The number of benzene rings is 2. The highest BCUT2D eigenvalue weighted by Crippen LogP contribution is 2.35. The first-order valence-electron chi connectivity index (χ1n) is 7.42. The molecule has 2 aromatic carbocycles. The van der Waals surface area contributed by atoms with Gasteiger partial charge in [-0.3, -0.25) is 9.10 Å². The second-order valence-corrected chi connectivity index (χ2v) is 7.58. The Bertz CT molecular complexity index is 922. The van der Waals surface area contributed by atoms with Gasteiger partial charge in [0.05, 0.1) is 16.1 Å². The smallest absolute Gasteiger partial charge is 0.416 e. The van der Waals surface area contributed by atoms with Gasteiger partial charge in [0.2, 0.25) is 0 Å². The van der Waals surface area contributed by atoms with Crippen molar-refractivity contribution in [3.05, 3.63) is 59.2 Å². The van der Waals surface area contributed by atoms with Crippen molar-refractivity contribution in [2.75, 3.05) is 10.8 Å². The molecule has 0 heterocycles. The molecule has 0 atom stereocenters. The normalized spacial score (nSPS) is 12.0. The molecule has 5 nitrogen and oxygen atoms in total. The monoisotopic (exact) mass is 387 g/mol. The maximum absolute atomic E-state index is 13.0. The minimum atomic E-state index is -4.69. The number of alkyl halides is 3. The Balaban J connectivity index is 2.65. The molecule has 0 unspecified atom stereocenters. The molecule has 2 rings (SSSR count). The number of halogens is 3. The van der Waals surface area contributed by atoms with E-state index in [1.807, 2.05) is 0 Å². The highest BCUT2D eigenvalue weighted by atomic mass is 32.2. The van der Waals surface area contributed by atoms with Crippen LogP contribution in [0.5, 0.6) is 0 Å². The molecule has 26 heavy (non-hydrogen) atoms. The summed E-state index contributed by atoms with van der Waals surface area (Å²) in [5, 5.41) is 9.09. The molecule has 0 aliphatic rings. The molecule has 0 saturated carbocycles. The van der Waals surface area contributed by atoms with E-state index < -0.39 is 34.3 Å². The number of hydrogen-bond acceptors (Lipinski definition) is 3. The van der Waals surface area contributed by atoms with E-state index in [2.05, 4.69) is 0 Å². The lowest BCUT2D eigenvalue weighted by molar-refractivity contribution is -0.137. The van der Waals surface area contributed by atoms with Crippen molar-refractivity contribution in [1.82, 2.24) is 0 Å². The van der Waals surface area contributed by atoms with Crippen LogP contribution < -0.4 is 4.31 Å². The number of carbonyl (C=O) groups is 1. The van der Waals surface area contributed by atoms with Crippen molar-refractivity contribution in [2.45, 2.75) is 24.9 Å². The summed E-state index contributed by atoms with van der Waals surface area (Å²) in [6, 6.07) is 8.17. The van der Waals surface area contributed by atoms with E-state index in [-0.39, 0.29) is 16.1 Å². The summed E-state index contributed by atoms with van der Waals surface area (Å²) in [5.41, 5.74) is -0.408. The Labute approximate surface area is 148 Å². The fourth-order valence-corrected chi connectivity index (χ4v) is 3.78. The maximum Gasteiger partial charge on any atom is 0.416 e. The molecule has 9 heteroatoms. The largest absolute Gasteiger partial charge is 0.480 e. The number of aliphatic carboxylic acids is 1. The summed E-state index contributed by atoms with van der Waals surface area (Å²) in [6.07, 6.45) is -4.69. The van der Waals surface area contributed by atoms with Crippen LogP contribution in [-0.4, -0.2) is 26.0 Å². The van der Waals surface area contributed by atoms with E-state index in [1.165, 1.54) is 31.2 Å². The summed E-state index contributed by atoms with van der Waals surface area (Å²) in [5.74, 6) is -1.49. The molecule has 0 fully saturated rings. The number of hydrogen-bond donors (Lipinski definition) is 1. The maximum atomic E-state index is 13.0. The van der Waals surface area contributed by atoms with Crippen LogP contribution in [0.25, 0.3) is 0 Å². The fourth-order valence-electron chi connectivity index (χ4n) is 2.31. The predicted octanol–water partition coefficient (Wildman–Crippen LogP) is 3.60. The number of anilines is 1. The van der Waals surface area contributed by atoms with Gasteiger partial charge in [0.25, 0.3) is 10.0 Å². The zero-order chi connectivity index (χ0) is 19.7. The third-order valence-corrected chi connectivity index (χ3v) is 5.47. The van der Waals surface area contributed by atoms with Gasteiger partial charge in [-0.15, -0.1) is 0 Å².